The Morgan fingerprint density at radius 1 is 1.30 bits per heavy atom. The molecule has 1 atom stereocenters. The molecule has 2 aromatic rings. The summed E-state index contributed by atoms with van der Waals surface area (Å²) < 4.78 is 2.09. The SMILES string of the molecule is CCC(=O)N1CCN(C(=O)c2cc3ccsc3n2CC)C[C@@H]1C. The molecule has 6 heteroatoms. The normalized spacial score (nSPS) is 18.7. The van der Waals surface area contributed by atoms with E-state index >= 15 is 0 Å². The molecule has 2 aromatic heterocycles. The minimum absolute atomic E-state index is 0.0747. The van der Waals surface area contributed by atoms with Gasteiger partial charge in [0, 0.05) is 44.0 Å². The summed E-state index contributed by atoms with van der Waals surface area (Å²) in [4.78, 5) is 29.8. The Kier molecular flexibility index (Phi) is 4.43. The lowest BCUT2D eigenvalue weighted by atomic mass is 10.1. The second-order valence-electron chi connectivity index (χ2n) is 6.00. The van der Waals surface area contributed by atoms with Crippen molar-refractivity contribution in [3.8, 4) is 0 Å². The number of hydrogen-bond acceptors (Lipinski definition) is 3. The first-order chi connectivity index (χ1) is 11.1. The molecule has 0 saturated carbocycles. The number of rotatable bonds is 3. The lowest BCUT2D eigenvalue weighted by Crippen LogP contribution is -2.55. The number of carbonyl (C=O) groups excluding carboxylic acids is 2. The van der Waals surface area contributed by atoms with E-state index in [2.05, 4.69) is 22.9 Å². The molecule has 3 rings (SSSR count). The van der Waals surface area contributed by atoms with E-state index in [0.717, 1.165) is 22.5 Å². The van der Waals surface area contributed by atoms with Crippen LogP contribution in [0.5, 0.6) is 0 Å². The molecular weight excluding hydrogens is 310 g/mol. The molecule has 124 valence electrons. The highest BCUT2D eigenvalue weighted by atomic mass is 32.1. The standard InChI is InChI=1S/C17H23N3O2S/c1-4-15(21)20-8-7-18(11-12(20)3)16(22)14-10-13-6-9-23-17(13)19(14)5-2/h6,9-10,12H,4-5,7-8,11H2,1-3H3/t12-/m0/s1. The molecule has 3 heterocycles. The third-order valence-electron chi connectivity index (χ3n) is 4.58. The maximum absolute atomic E-state index is 12.9. The zero-order valence-electron chi connectivity index (χ0n) is 13.9. The molecule has 0 bridgehead atoms. The van der Waals surface area contributed by atoms with Gasteiger partial charge in [0.1, 0.15) is 10.5 Å². The van der Waals surface area contributed by atoms with Crippen molar-refractivity contribution in [2.45, 2.75) is 39.8 Å². The van der Waals surface area contributed by atoms with E-state index < -0.39 is 0 Å². The number of aryl methyl sites for hydroxylation is 1. The van der Waals surface area contributed by atoms with E-state index in [1.165, 1.54) is 0 Å². The molecule has 1 fully saturated rings. The summed E-state index contributed by atoms with van der Waals surface area (Å²) in [6, 6.07) is 4.13. The summed E-state index contributed by atoms with van der Waals surface area (Å²) in [7, 11) is 0. The van der Waals surface area contributed by atoms with Crippen molar-refractivity contribution in [1.29, 1.82) is 0 Å². The van der Waals surface area contributed by atoms with Crippen LogP contribution in [0.4, 0.5) is 0 Å². The molecule has 0 aromatic carbocycles. The van der Waals surface area contributed by atoms with Gasteiger partial charge in [-0.15, -0.1) is 11.3 Å². The molecule has 0 aliphatic carbocycles. The number of fused-ring (bicyclic) bond motifs is 1. The third-order valence-corrected chi connectivity index (χ3v) is 5.53. The van der Waals surface area contributed by atoms with Crippen LogP contribution in [0.15, 0.2) is 17.5 Å². The highest BCUT2D eigenvalue weighted by Crippen LogP contribution is 2.26. The largest absolute Gasteiger partial charge is 0.336 e. The Labute approximate surface area is 140 Å². The fraction of sp³-hybridized carbons (Fsp3) is 0.529. The molecule has 23 heavy (non-hydrogen) atoms. The van der Waals surface area contributed by atoms with Crippen LogP contribution in [0, 0.1) is 0 Å². The number of hydrogen-bond donors (Lipinski definition) is 0. The zero-order valence-corrected chi connectivity index (χ0v) is 14.7. The minimum atomic E-state index is 0.0747. The summed E-state index contributed by atoms with van der Waals surface area (Å²) >= 11 is 1.67. The van der Waals surface area contributed by atoms with Crippen molar-refractivity contribution >= 4 is 33.4 Å². The fourth-order valence-electron chi connectivity index (χ4n) is 3.34. The van der Waals surface area contributed by atoms with Crippen LogP contribution in [0.1, 0.15) is 37.7 Å². The van der Waals surface area contributed by atoms with Crippen molar-refractivity contribution < 1.29 is 9.59 Å². The van der Waals surface area contributed by atoms with Crippen molar-refractivity contribution in [1.82, 2.24) is 14.4 Å². The highest BCUT2D eigenvalue weighted by Gasteiger charge is 2.30. The smallest absolute Gasteiger partial charge is 0.270 e. The molecule has 1 saturated heterocycles. The first kappa shape index (κ1) is 16.1. The number of amides is 2. The van der Waals surface area contributed by atoms with Crippen molar-refractivity contribution in [2.24, 2.45) is 0 Å². The van der Waals surface area contributed by atoms with Crippen LogP contribution in [0.2, 0.25) is 0 Å². The topological polar surface area (TPSA) is 45.6 Å². The van der Waals surface area contributed by atoms with E-state index in [1.54, 1.807) is 11.3 Å². The maximum Gasteiger partial charge on any atom is 0.270 e. The van der Waals surface area contributed by atoms with E-state index in [1.807, 2.05) is 29.7 Å². The summed E-state index contributed by atoms with van der Waals surface area (Å²) in [6.07, 6.45) is 0.521. The molecule has 2 amide bonds. The van der Waals surface area contributed by atoms with Crippen molar-refractivity contribution in [3.63, 3.8) is 0 Å². The number of nitrogens with zero attached hydrogens (tertiary/aromatic N) is 3. The van der Waals surface area contributed by atoms with Gasteiger partial charge >= 0.3 is 0 Å². The Bertz CT molecular complexity index is 733. The molecule has 0 N–H and O–H groups in total. The third kappa shape index (κ3) is 2.76. The summed E-state index contributed by atoms with van der Waals surface area (Å²) in [5.41, 5.74) is 0.761. The maximum atomic E-state index is 12.9. The minimum Gasteiger partial charge on any atom is -0.336 e. The number of aromatic nitrogens is 1. The van der Waals surface area contributed by atoms with Gasteiger partial charge in [0.05, 0.1) is 0 Å². The predicted octanol–water partition coefficient (Wildman–Crippen LogP) is 2.81. The first-order valence-corrected chi connectivity index (χ1v) is 9.10. The number of piperazine rings is 1. The highest BCUT2D eigenvalue weighted by molar-refractivity contribution is 7.16. The van der Waals surface area contributed by atoms with Gasteiger partial charge in [-0.25, -0.2) is 0 Å². The fourth-order valence-corrected chi connectivity index (χ4v) is 4.31. The van der Waals surface area contributed by atoms with Crippen LogP contribution in [0.3, 0.4) is 0 Å². The van der Waals surface area contributed by atoms with Gasteiger partial charge in [-0.05, 0) is 31.4 Å². The van der Waals surface area contributed by atoms with Gasteiger partial charge in [0.15, 0.2) is 0 Å². The van der Waals surface area contributed by atoms with Crippen LogP contribution < -0.4 is 0 Å². The molecule has 0 spiro atoms. The number of carbonyl (C=O) groups is 2. The van der Waals surface area contributed by atoms with Gasteiger partial charge in [0.25, 0.3) is 5.91 Å². The lowest BCUT2D eigenvalue weighted by molar-refractivity contribution is -0.134. The summed E-state index contributed by atoms with van der Waals surface area (Å²) in [5, 5.41) is 3.19. The molecule has 1 aliphatic rings. The van der Waals surface area contributed by atoms with Gasteiger partial charge < -0.3 is 14.4 Å². The Hall–Kier alpha value is -1.82. The molecule has 1 aliphatic heterocycles. The van der Waals surface area contributed by atoms with Gasteiger partial charge in [-0.2, -0.15) is 0 Å². The second kappa shape index (κ2) is 6.35. The Morgan fingerprint density at radius 2 is 2.09 bits per heavy atom. The number of thiophene rings is 1. The van der Waals surface area contributed by atoms with Gasteiger partial charge in [-0.3, -0.25) is 9.59 Å². The summed E-state index contributed by atoms with van der Waals surface area (Å²) in [5.74, 6) is 0.243. The van der Waals surface area contributed by atoms with Crippen molar-refractivity contribution in [3.05, 3.63) is 23.2 Å². The van der Waals surface area contributed by atoms with Crippen LogP contribution >= 0.6 is 11.3 Å². The molecule has 5 nitrogen and oxygen atoms in total. The van der Waals surface area contributed by atoms with E-state index in [4.69, 9.17) is 0 Å². The quantitative estimate of drug-likeness (QED) is 0.867. The first-order valence-electron chi connectivity index (χ1n) is 8.22. The molecular formula is C17H23N3O2S. The second-order valence-corrected chi connectivity index (χ2v) is 6.89. The molecule has 0 radical (unpaired) electrons. The van der Waals surface area contributed by atoms with Crippen LogP contribution in [-0.4, -0.2) is 51.9 Å². The Morgan fingerprint density at radius 3 is 2.74 bits per heavy atom. The van der Waals surface area contributed by atoms with E-state index in [9.17, 15) is 9.59 Å². The zero-order chi connectivity index (χ0) is 16.6. The van der Waals surface area contributed by atoms with Crippen LogP contribution in [0.25, 0.3) is 10.2 Å². The van der Waals surface area contributed by atoms with Gasteiger partial charge in [0.2, 0.25) is 5.91 Å². The van der Waals surface area contributed by atoms with E-state index in [0.29, 0.717) is 26.1 Å². The predicted molar refractivity (Wildman–Crippen MR) is 92.9 cm³/mol. The average Bonchev–Trinajstić information content (AvgIpc) is 3.13. The van der Waals surface area contributed by atoms with E-state index in [-0.39, 0.29) is 17.9 Å². The average molecular weight is 333 g/mol. The lowest BCUT2D eigenvalue weighted by Gasteiger charge is -2.39. The monoisotopic (exact) mass is 333 g/mol. The van der Waals surface area contributed by atoms with Crippen molar-refractivity contribution in [2.75, 3.05) is 19.6 Å². The Balaban J connectivity index is 1.80. The summed E-state index contributed by atoms with van der Waals surface area (Å²) in [6.45, 7) is 8.59. The molecule has 0 unspecified atom stereocenters. The van der Waals surface area contributed by atoms with Gasteiger partial charge in [-0.1, -0.05) is 6.92 Å². The van der Waals surface area contributed by atoms with Crippen LogP contribution in [-0.2, 0) is 11.3 Å².